The van der Waals surface area contributed by atoms with E-state index in [1.54, 1.807) is 48.5 Å². The molecule has 0 aliphatic carbocycles. The van der Waals surface area contributed by atoms with E-state index < -0.39 is 30.4 Å². The van der Waals surface area contributed by atoms with Crippen molar-refractivity contribution in [3.05, 3.63) is 90.0 Å². The van der Waals surface area contributed by atoms with Gasteiger partial charge in [-0.25, -0.2) is 4.79 Å². The molecule has 188 valence electrons. The summed E-state index contributed by atoms with van der Waals surface area (Å²) in [5.41, 5.74) is 1.73. The van der Waals surface area contributed by atoms with Crippen LogP contribution in [0.25, 0.3) is 0 Å². The second-order valence-corrected chi connectivity index (χ2v) is 7.77. The number of anilines is 1. The molecular weight excluding hydrogens is 460 g/mol. The fraction of sp³-hybridized carbons (Fsp3) is 0.250. The lowest BCUT2D eigenvalue weighted by Crippen LogP contribution is -2.44. The maximum atomic E-state index is 12.9. The van der Waals surface area contributed by atoms with Crippen LogP contribution in [0.3, 0.4) is 0 Å². The molecular formula is C28H30N2O6. The monoisotopic (exact) mass is 490 g/mol. The smallest absolute Gasteiger partial charge is 0.329 e. The summed E-state index contributed by atoms with van der Waals surface area (Å²) >= 11 is 0. The number of esters is 1. The standard InChI is InChI=1S/C28H30N2O6/c1-3-34-24-16-15-22(18-25(24)35-4-2)29-26(31)19-36-28(33)23(17-20-11-7-5-8-12-20)30-27(32)21-13-9-6-10-14-21/h5-16,18,23H,3-4,17,19H2,1-2H3,(H,29,31)(H,30,32)/t23-/m1/s1. The van der Waals surface area contributed by atoms with Crippen LogP contribution >= 0.6 is 0 Å². The van der Waals surface area contributed by atoms with E-state index in [1.807, 2.05) is 44.2 Å². The van der Waals surface area contributed by atoms with E-state index in [2.05, 4.69) is 10.6 Å². The molecule has 2 N–H and O–H groups in total. The third-order valence-electron chi connectivity index (χ3n) is 5.08. The summed E-state index contributed by atoms with van der Waals surface area (Å²) in [7, 11) is 0. The highest BCUT2D eigenvalue weighted by molar-refractivity contribution is 5.97. The minimum absolute atomic E-state index is 0.219. The molecule has 1 atom stereocenters. The number of benzene rings is 3. The minimum atomic E-state index is -0.970. The van der Waals surface area contributed by atoms with Crippen molar-refractivity contribution in [3.8, 4) is 11.5 Å². The van der Waals surface area contributed by atoms with Crippen LogP contribution in [0.15, 0.2) is 78.9 Å². The van der Waals surface area contributed by atoms with Crippen molar-refractivity contribution in [1.29, 1.82) is 0 Å². The lowest BCUT2D eigenvalue weighted by Gasteiger charge is -2.18. The Morgan fingerprint density at radius 1 is 0.806 bits per heavy atom. The van der Waals surface area contributed by atoms with Crippen LogP contribution in [0.4, 0.5) is 5.69 Å². The summed E-state index contributed by atoms with van der Waals surface area (Å²) in [5.74, 6) is -0.569. The number of ether oxygens (including phenoxy) is 3. The Morgan fingerprint density at radius 2 is 1.44 bits per heavy atom. The molecule has 0 radical (unpaired) electrons. The predicted octanol–water partition coefficient (Wildman–Crippen LogP) is 4.01. The van der Waals surface area contributed by atoms with Gasteiger partial charge in [0.15, 0.2) is 18.1 Å². The number of amides is 2. The van der Waals surface area contributed by atoms with E-state index in [4.69, 9.17) is 14.2 Å². The molecule has 0 bridgehead atoms. The summed E-state index contributed by atoms with van der Waals surface area (Å²) in [6.45, 7) is 4.12. The first-order valence-corrected chi connectivity index (χ1v) is 11.8. The Balaban J connectivity index is 1.63. The van der Waals surface area contributed by atoms with Gasteiger partial charge in [-0.05, 0) is 43.7 Å². The molecule has 8 heteroatoms. The van der Waals surface area contributed by atoms with E-state index >= 15 is 0 Å². The summed E-state index contributed by atoms with van der Waals surface area (Å²) in [6, 6.07) is 21.9. The number of carbonyl (C=O) groups is 3. The van der Waals surface area contributed by atoms with Crippen molar-refractivity contribution in [1.82, 2.24) is 5.32 Å². The highest BCUT2D eigenvalue weighted by Gasteiger charge is 2.24. The lowest BCUT2D eigenvalue weighted by molar-refractivity contribution is -0.149. The molecule has 0 heterocycles. The molecule has 0 spiro atoms. The molecule has 3 rings (SSSR count). The van der Waals surface area contributed by atoms with Crippen molar-refractivity contribution in [2.24, 2.45) is 0 Å². The molecule has 3 aromatic carbocycles. The Morgan fingerprint density at radius 3 is 2.11 bits per heavy atom. The van der Waals surface area contributed by atoms with Crippen LogP contribution in [0, 0.1) is 0 Å². The molecule has 0 fully saturated rings. The van der Waals surface area contributed by atoms with E-state index in [0.29, 0.717) is 36.0 Å². The molecule has 2 amide bonds. The van der Waals surface area contributed by atoms with Gasteiger partial charge >= 0.3 is 5.97 Å². The average molecular weight is 491 g/mol. The van der Waals surface area contributed by atoms with Crippen LogP contribution in [0.2, 0.25) is 0 Å². The third-order valence-corrected chi connectivity index (χ3v) is 5.08. The van der Waals surface area contributed by atoms with Gasteiger partial charge in [0.1, 0.15) is 6.04 Å². The average Bonchev–Trinajstić information content (AvgIpc) is 2.89. The first-order chi connectivity index (χ1) is 17.5. The van der Waals surface area contributed by atoms with Gasteiger partial charge in [-0.1, -0.05) is 48.5 Å². The highest BCUT2D eigenvalue weighted by Crippen LogP contribution is 2.30. The van der Waals surface area contributed by atoms with E-state index in [9.17, 15) is 14.4 Å². The highest BCUT2D eigenvalue weighted by atomic mass is 16.5. The molecule has 0 aliphatic heterocycles. The van der Waals surface area contributed by atoms with Gasteiger partial charge in [0.25, 0.3) is 11.8 Å². The summed E-state index contributed by atoms with van der Waals surface area (Å²) in [6.07, 6.45) is 0.219. The van der Waals surface area contributed by atoms with Crippen LogP contribution in [0.1, 0.15) is 29.8 Å². The van der Waals surface area contributed by atoms with E-state index in [-0.39, 0.29) is 6.42 Å². The quantitative estimate of drug-likeness (QED) is 0.372. The second kappa shape index (κ2) is 13.5. The van der Waals surface area contributed by atoms with Crippen molar-refractivity contribution in [3.63, 3.8) is 0 Å². The van der Waals surface area contributed by atoms with Crippen LogP contribution < -0.4 is 20.1 Å². The largest absolute Gasteiger partial charge is 0.490 e. The Hall–Kier alpha value is -4.33. The fourth-order valence-electron chi connectivity index (χ4n) is 3.44. The number of rotatable bonds is 12. The maximum absolute atomic E-state index is 12.9. The number of hydrogen-bond acceptors (Lipinski definition) is 6. The molecule has 0 unspecified atom stereocenters. The fourth-order valence-corrected chi connectivity index (χ4v) is 3.44. The normalized spacial score (nSPS) is 11.2. The number of hydrogen-bond donors (Lipinski definition) is 2. The topological polar surface area (TPSA) is 103 Å². The van der Waals surface area contributed by atoms with Crippen LogP contribution in [-0.4, -0.2) is 43.6 Å². The third kappa shape index (κ3) is 7.87. The van der Waals surface area contributed by atoms with Gasteiger partial charge in [0, 0.05) is 23.7 Å². The Labute approximate surface area is 210 Å². The van der Waals surface area contributed by atoms with Gasteiger partial charge in [-0.2, -0.15) is 0 Å². The van der Waals surface area contributed by atoms with Gasteiger partial charge in [-0.15, -0.1) is 0 Å². The lowest BCUT2D eigenvalue weighted by atomic mass is 10.1. The van der Waals surface area contributed by atoms with Gasteiger partial charge in [-0.3, -0.25) is 9.59 Å². The van der Waals surface area contributed by atoms with Crippen molar-refractivity contribution in [2.75, 3.05) is 25.1 Å². The van der Waals surface area contributed by atoms with Gasteiger partial charge in [0.05, 0.1) is 13.2 Å². The molecule has 0 saturated carbocycles. The summed E-state index contributed by atoms with van der Waals surface area (Å²) < 4.78 is 16.4. The zero-order valence-electron chi connectivity index (χ0n) is 20.4. The van der Waals surface area contributed by atoms with E-state index in [1.165, 1.54) is 0 Å². The minimum Gasteiger partial charge on any atom is -0.490 e. The number of nitrogens with one attached hydrogen (secondary N) is 2. The summed E-state index contributed by atoms with van der Waals surface area (Å²) in [5, 5.41) is 5.40. The van der Waals surface area contributed by atoms with Gasteiger partial charge in [0.2, 0.25) is 0 Å². The van der Waals surface area contributed by atoms with Crippen molar-refractivity contribution >= 4 is 23.5 Å². The summed E-state index contributed by atoms with van der Waals surface area (Å²) in [4.78, 5) is 38.0. The zero-order chi connectivity index (χ0) is 25.8. The maximum Gasteiger partial charge on any atom is 0.329 e. The SMILES string of the molecule is CCOc1ccc(NC(=O)COC(=O)[C@@H](Cc2ccccc2)NC(=O)c2ccccc2)cc1OCC. The molecule has 36 heavy (non-hydrogen) atoms. The van der Waals surface area contributed by atoms with Crippen LogP contribution in [-0.2, 0) is 20.7 Å². The molecule has 8 nitrogen and oxygen atoms in total. The Kier molecular flexibility index (Phi) is 9.88. The zero-order valence-corrected chi connectivity index (χ0v) is 20.4. The molecule has 3 aromatic rings. The first-order valence-electron chi connectivity index (χ1n) is 11.8. The second-order valence-electron chi connectivity index (χ2n) is 7.77. The van der Waals surface area contributed by atoms with Crippen molar-refractivity contribution < 1.29 is 28.6 Å². The predicted molar refractivity (Wildman–Crippen MR) is 136 cm³/mol. The van der Waals surface area contributed by atoms with Gasteiger partial charge < -0.3 is 24.8 Å². The van der Waals surface area contributed by atoms with E-state index in [0.717, 1.165) is 5.56 Å². The molecule has 0 aromatic heterocycles. The number of carbonyl (C=O) groups excluding carboxylic acids is 3. The molecule has 0 saturated heterocycles. The van der Waals surface area contributed by atoms with Crippen LogP contribution in [0.5, 0.6) is 11.5 Å². The Bertz CT molecular complexity index is 1150. The van der Waals surface area contributed by atoms with Crippen molar-refractivity contribution in [2.45, 2.75) is 26.3 Å². The first kappa shape index (κ1) is 26.3. The molecule has 0 aliphatic rings.